The molecule has 0 aliphatic carbocycles. The number of nitrogens with zero attached hydrogens (tertiary/aromatic N) is 3. The monoisotopic (exact) mass is 444 g/mol. The standard InChI is InChI=1S/C17H22F2N6O4S/c1-10(26)21-8-12-9-24(17(27)29-12)11-6-13(18)15(14(19)7-11)23-2-3-25(16(30)22-20)28-5-4-23/h6-7,12H,2-5,8-9,20H2,1H3,(H,21,26)(H,22,30)/t12-/m0/s1. The maximum absolute atomic E-state index is 14.9. The Bertz CT molecular complexity index is 821. The summed E-state index contributed by atoms with van der Waals surface area (Å²) >= 11 is 5.00. The maximum atomic E-state index is 14.9. The second kappa shape index (κ2) is 9.36. The highest BCUT2D eigenvalue weighted by molar-refractivity contribution is 7.80. The lowest BCUT2D eigenvalue weighted by atomic mass is 10.2. The summed E-state index contributed by atoms with van der Waals surface area (Å²) in [6, 6.07) is 2.16. The lowest BCUT2D eigenvalue weighted by Gasteiger charge is -2.24. The third kappa shape index (κ3) is 4.86. The van der Waals surface area contributed by atoms with E-state index in [2.05, 4.69) is 10.7 Å². The van der Waals surface area contributed by atoms with Gasteiger partial charge in [0.25, 0.3) is 0 Å². The van der Waals surface area contributed by atoms with Gasteiger partial charge in [-0.25, -0.2) is 24.5 Å². The lowest BCUT2D eigenvalue weighted by molar-refractivity contribution is -0.119. The van der Waals surface area contributed by atoms with Crippen molar-refractivity contribution in [3.8, 4) is 0 Å². The largest absolute Gasteiger partial charge is 0.442 e. The van der Waals surface area contributed by atoms with Crippen LogP contribution in [-0.4, -0.2) is 67.6 Å². The molecule has 13 heteroatoms. The van der Waals surface area contributed by atoms with Gasteiger partial charge in [0.05, 0.1) is 31.9 Å². The third-order valence-corrected chi connectivity index (χ3v) is 4.94. The number of ether oxygens (including phenoxy) is 1. The lowest BCUT2D eigenvalue weighted by Crippen LogP contribution is -2.44. The minimum atomic E-state index is -0.823. The molecule has 2 aliphatic heterocycles. The van der Waals surface area contributed by atoms with E-state index in [4.69, 9.17) is 27.6 Å². The Morgan fingerprint density at radius 2 is 2.00 bits per heavy atom. The second-order valence-electron chi connectivity index (χ2n) is 6.68. The van der Waals surface area contributed by atoms with Crippen molar-refractivity contribution in [3.63, 3.8) is 0 Å². The fourth-order valence-electron chi connectivity index (χ4n) is 3.21. The van der Waals surface area contributed by atoms with Gasteiger partial charge in [0.15, 0.2) is 11.6 Å². The van der Waals surface area contributed by atoms with Crippen LogP contribution in [-0.2, 0) is 14.4 Å². The predicted molar refractivity (Wildman–Crippen MR) is 107 cm³/mol. The SMILES string of the molecule is CC(=O)NC[C@H]1CN(c2cc(F)c(N3CCON(C(=S)NN)CC3)c(F)c2)C(=O)O1. The molecule has 4 N–H and O–H groups in total. The molecule has 1 aromatic carbocycles. The normalized spacial score (nSPS) is 19.4. The summed E-state index contributed by atoms with van der Waals surface area (Å²) in [5, 5.41) is 4.05. The topological polar surface area (TPSA) is 112 Å². The molecule has 0 radical (unpaired) electrons. The molecule has 1 atom stereocenters. The highest BCUT2D eigenvalue weighted by atomic mass is 32.1. The van der Waals surface area contributed by atoms with Gasteiger partial charge < -0.3 is 15.0 Å². The van der Waals surface area contributed by atoms with Crippen molar-refractivity contribution in [2.24, 2.45) is 5.84 Å². The number of anilines is 2. The zero-order valence-corrected chi connectivity index (χ0v) is 17.0. The van der Waals surface area contributed by atoms with Gasteiger partial charge in [-0.05, 0) is 12.2 Å². The van der Waals surface area contributed by atoms with Crippen LogP contribution in [0.3, 0.4) is 0 Å². The summed E-state index contributed by atoms with van der Waals surface area (Å²) in [6.07, 6.45) is -1.35. The average molecular weight is 444 g/mol. The molecule has 30 heavy (non-hydrogen) atoms. The smallest absolute Gasteiger partial charge is 0.414 e. The number of hydrogen-bond donors (Lipinski definition) is 3. The molecule has 164 valence electrons. The fraction of sp³-hybridized carbons (Fsp3) is 0.471. The number of benzene rings is 1. The molecule has 0 aromatic heterocycles. The molecular formula is C17H22F2N6O4S. The second-order valence-corrected chi connectivity index (χ2v) is 7.07. The van der Waals surface area contributed by atoms with E-state index in [-0.39, 0.29) is 61.7 Å². The zero-order valence-electron chi connectivity index (χ0n) is 16.2. The predicted octanol–water partition coefficient (Wildman–Crippen LogP) is 0.228. The molecule has 0 unspecified atom stereocenters. The minimum absolute atomic E-state index is 0.0327. The Morgan fingerprint density at radius 3 is 2.63 bits per heavy atom. The van der Waals surface area contributed by atoms with Crippen LogP contribution in [0.5, 0.6) is 0 Å². The minimum Gasteiger partial charge on any atom is -0.442 e. The van der Waals surface area contributed by atoms with E-state index in [0.717, 1.165) is 17.0 Å². The summed E-state index contributed by atoms with van der Waals surface area (Å²) in [6.45, 7) is 2.36. The number of cyclic esters (lactones) is 1. The van der Waals surface area contributed by atoms with Gasteiger partial charge in [0, 0.05) is 32.1 Å². The number of carbonyl (C=O) groups excluding carboxylic acids is 2. The Labute approximate surface area is 176 Å². The van der Waals surface area contributed by atoms with Crippen LogP contribution in [0.1, 0.15) is 6.92 Å². The molecule has 2 fully saturated rings. The number of hydrazine groups is 1. The van der Waals surface area contributed by atoms with E-state index >= 15 is 0 Å². The number of halogens is 2. The van der Waals surface area contributed by atoms with Crippen molar-refractivity contribution in [1.82, 2.24) is 15.8 Å². The number of nitrogens with one attached hydrogen (secondary N) is 2. The van der Waals surface area contributed by atoms with Crippen molar-refractivity contribution < 1.29 is 27.9 Å². The highest BCUT2D eigenvalue weighted by Gasteiger charge is 2.34. The number of hydroxylamine groups is 2. The first-order valence-electron chi connectivity index (χ1n) is 9.17. The van der Waals surface area contributed by atoms with Crippen LogP contribution in [0.25, 0.3) is 0 Å². The van der Waals surface area contributed by atoms with Crippen molar-refractivity contribution in [1.29, 1.82) is 0 Å². The van der Waals surface area contributed by atoms with Crippen LogP contribution in [0, 0.1) is 11.6 Å². The number of rotatable bonds is 4. The van der Waals surface area contributed by atoms with Gasteiger partial charge in [-0.1, -0.05) is 0 Å². The van der Waals surface area contributed by atoms with Gasteiger partial charge in [-0.2, -0.15) is 0 Å². The molecular weight excluding hydrogens is 422 g/mol. The van der Waals surface area contributed by atoms with Gasteiger partial charge in [-0.3, -0.25) is 20.0 Å². The van der Waals surface area contributed by atoms with Gasteiger partial charge >= 0.3 is 6.09 Å². The van der Waals surface area contributed by atoms with Crippen LogP contribution in [0.4, 0.5) is 25.0 Å². The summed E-state index contributed by atoms with van der Waals surface area (Å²) in [5.74, 6) is 3.35. The fourth-order valence-corrected chi connectivity index (χ4v) is 3.36. The number of thiocarbonyl (C=S) groups is 1. The van der Waals surface area contributed by atoms with Gasteiger partial charge in [0.2, 0.25) is 11.0 Å². The molecule has 0 saturated carbocycles. The highest BCUT2D eigenvalue weighted by Crippen LogP contribution is 2.31. The maximum Gasteiger partial charge on any atom is 0.414 e. The zero-order chi connectivity index (χ0) is 21.8. The Morgan fingerprint density at radius 1 is 1.30 bits per heavy atom. The summed E-state index contributed by atoms with van der Waals surface area (Å²) < 4.78 is 34.8. The Balaban J connectivity index is 1.73. The first-order chi connectivity index (χ1) is 14.3. The number of amides is 2. The molecule has 2 saturated heterocycles. The van der Waals surface area contributed by atoms with Gasteiger partial charge in [0.1, 0.15) is 11.8 Å². The van der Waals surface area contributed by atoms with Crippen LogP contribution < -0.4 is 26.4 Å². The van der Waals surface area contributed by atoms with E-state index < -0.39 is 23.8 Å². The van der Waals surface area contributed by atoms with Crippen LogP contribution in [0.2, 0.25) is 0 Å². The molecule has 1 aromatic rings. The molecule has 2 amide bonds. The molecule has 10 nitrogen and oxygen atoms in total. The first kappa shape index (κ1) is 21.9. The van der Waals surface area contributed by atoms with E-state index in [0.29, 0.717) is 0 Å². The van der Waals surface area contributed by atoms with E-state index in [1.54, 1.807) is 0 Å². The average Bonchev–Trinajstić information content (AvgIpc) is 2.90. The molecule has 2 aliphatic rings. The van der Waals surface area contributed by atoms with Crippen LogP contribution >= 0.6 is 12.2 Å². The summed E-state index contributed by atoms with van der Waals surface area (Å²) in [7, 11) is 0. The molecule has 3 rings (SSSR count). The molecule has 0 bridgehead atoms. The van der Waals surface area contributed by atoms with E-state index in [1.165, 1.54) is 16.9 Å². The number of hydrogen-bond acceptors (Lipinski definition) is 7. The Hall–Kier alpha value is -2.77. The van der Waals surface area contributed by atoms with Crippen molar-refractivity contribution in [2.75, 3.05) is 49.1 Å². The quantitative estimate of drug-likeness (QED) is 0.341. The van der Waals surface area contributed by atoms with Crippen molar-refractivity contribution in [2.45, 2.75) is 13.0 Å². The van der Waals surface area contributed by atoms with E-state index in [9.17, 15) is 18.4 Å². The van der Waals surface area contributed by atoms with Crippen molar-refractivity contribution >= 4 is 40.7 Å². The van der Waals surface area contributed by atoms with Gasteiger partial charge in [-0.15, -0.1) is 0 Å². The summed E-state index contributed by atoms with van der Waals surface area (Å²) in [4.78, 5) is 31.2. The molecule has 2 heterocycles. The van der Waals surface area contributed by atoms with Crippen LogP contribution in [0.15, 0.2) is 12.1 Å². The molecule has 0 spiro atoms. The first-order valence-corrected chi connectivity index (χ1v) is 9.58. The Kier molecular flexibility index (Phi) is 6.84. The van der Waals surface area contributed by atoms with E-state index in [1.807, 2.05) is 0 Å². The third-order valence-electron chi connectivity index (χ3n) is 4.61. The van der Waals surface area contributed by atoms with Crippen molar-refractivity contribution in [3.05, 3.63) is 23.8 Å². The number of carbonyl (C=O) groups is 2. The summed E-state index contributed by atoms with van der Waals surface area (Å²) in [5.41, 5.74) is 2.10. The number of nitrogens with two attached hydrogens (primary N) is 1.